The Hall–Kier alpha value is -3.13. The molecule has 1 aliphatic heterocycles. The first-order valence-corrected chi connectivity index (χ1v) is 8.84. The van der Waals surface area contributed by atoms with E-state index in [0.717, 1.165) is 0 Å². The van der Waals surface area contributed by atoms with E-state index in [4.69, 9.17) is 17.3 Å². The molecule has 0 bridgehead atoms. The fourth-order valence-corrected chi connectivity index (χ4v) is 3.31. The van der Waals surface area contributed by atoms with Gasteiger partial charge in [-0.3, -0.25) is 14.6 Å². The van der Waals surface area contributed by atoms with Gasteiger partial charge in [0.05, 0.1) is 22.1 Å². The first kappa shape index (κ1) is 19.6. The van der Waals surface area contributed by atoms with Crippen LogP contribution < -0.4 is 21.0 Å². The zero-order valence-electron chi connectivity index (χ0n) is 15.3. The summed E-state index contributed by atoms with van der Waals surface area (Å²) in [6.45, 7) is 0. The number of para-hydroxylation sites is 1. The molecule has 9 heteroatoms. The highest BCUT2D eigenvalue weighted by Crippen LogP contribution is 2.33. The molecule has 146 valence electrons. The van der Waals surface area contributed by atoms with Crippen molar-refractivity contribution < 1.29 is 14.0 Å². The lowest BCUT2D eigenvalue weighted by atomic mass is 10.1. The van der Waals surface area contributed by atoms with E-state index in [9.17, 15) is 14.0 Å². The number of nitrogens with zero attached hydrogens (tertiary/aromatic N) is 3. The van der Waals surface area contributed by atoms with Gasteiger partial charge >= 0.3 is 0 Å². The smallest absolute Gasteiger partial charge is 0.272 e. The number of rotatable bonds is 5. The molecule has 1 aliphatic rings. The Bertz CT molecular complexity index is 946. The van der Waals surface area contributed by atoms with E-state index in [2.05, 4.69) is 10.4 Å². The Labute approximate surface area is 166 Å². The Balaban J connectivity index is 1.88. The SMILES string of the molecule is CN(C)c1c(Cl)cccc1NC(=O)C1=NN(c2ccc(F)cc2)C(C(N)=O)C1. The third-order valence-electron chi connectivity index (χ3n) is 4.27. The summed E-state index contributed by atoms with van der Waals surface area (Å²) in [6.07, 6.45) is 0.0381. The molecular weight excluding hydrogens is 385 g/mol. The van der Waals surface area contributed by atoms with Gasteiger partial charge in [-0.15, -0.1) is 0 Å². The molecule has 2 aromatic carbocycles. The van der Waals surface area contributed by atoms with Crippen molar-refractivity contribution in [2.45, 2.75) is 12.5 Å². The molecule has 0 spiro atoms. The molecule has 1 unspecified atom stereocenters. The van der Waals surface area contributed by atoms with Crippen LogP contribution in [0.4, 0.5) is 21.5 Å². The van der Waals surface area contributed by atoms with Crippen molar-refractivity contribution in [1.29, 1.82) is 0 Å². The summed E-state index contributed by atoms with van der Waals surface area (Å²) in [7, 11) is 3.62. The molecule has 28 heavy (non-hydrogen) atoms. The quantitative estimate of drug-likeness (QED) is 0.802. The maximum absolute atomic E-state index is 13.2. The summed E-state index contributed by atoms with van der Waals surface area (Å²) in [5.41, 5.74) is 7.24. The van der Waals surface area contributed by atoms with Gasteiger partial charge in [0.25, 0.3) is 5.91 Å². The van der Waals surface area contributed by atoms with E-state index in [1.165, 1.54) is 29.3 Å². The van der Waals surface area contributed by atoms with Crippen LogP contribution in [0.25, 0.3) is 0 Å². The molecule has 1 atom stereocenters. The van der Waals surface area contributed by atoms with Crippen LogP contribution in [0.15, 0.2) is 47.6 Å². The lowest BCUT2D eigenvalue weighted by molar-refractivity contribution is -0.119. The zero-order valence-corrected chi connectivity index (χ0v) is 16.1. The minimum atomic E-state index is -0.834. The standard InChI is InChI=1S/C19H19ClFN5O2/c1-25(2)17-13(20)4-3-5-14(17)23-19(28)15-10-16(18(22)27)26(24-15)12-8-6-11(21)7-9-12/h3-9,16H,10H2,1-2H3,(H2,22,27)(H,23,28). The van der Waals surface area contributed by atoms with Gasteiger partial charge in [-0.25, -0.2) is 4.39 Å². The number of benzene rings is 2. The first-order valence-electron chi connectivity index (χ1n) is 8.46. The number of carbonyl (C=O) groups excluding carboxylic acids is 2. The second kappa shape index (κ2) is 7.85. The minimum Gasteiger partial charge on any atom is -0.375 e. The number of anilines is 3. The van der Waals surface area contributed by atoms with Crippen LogP contribution in [0.5, 0.6) is 0 Å². The number of halogens is 2. The third kappa shape index (κ3) is 3.91. The largest absolute Gasteiger partial charge is 0.375 e. The van der Waals surface area contributed by atoms with Gasteiger partial charge in [0.15, 0.2) is 0 Å². The van der Waals surface area contributed by atoms with Gasteiger partial charge in [-0.05, 0) is 36.4 Å². The molecule has 0 aliphatic carbocycles. The number of primary amides is 1. The number of hydrazone groups is 1. The van der Waals surface area contributed by atoms with Crippen LogP contribution >= 0.6 is 11.6 Å². The van der Waals surface area contributed by atoms with Crippen LogP contribution in [-0.4, -0.2) is 37.7 Å². The predicted molar refractivity (Wildman–Crippen MR) is 108 cm³/mol. The highest BCUT2D eigenvalue weighted by atomic mass is 35.5. The van der Waals surface area contributed by atoms with Gasteiger partial charge in [0.2, 0.25) is 5.91 Å². The molecule has 3 rings (SSSR count). The van der Waals surface area contributed by atoms with Crippen LogP contribution in [0.1, 0.15) is 6.42 Å². The maximum Gasteiger partial charge on any atom is 0.272 e. The number of hydrogen-bond acceptors (Lipinski definition) is 5. The molecule has 0 radical (unpaired) electrons. The van der Waals surface area contributed by atoms with E-state index < -0.39 is 23.7 Å². The Morgan fingerprint density at radius 1 is 1.25 bits per heavy atom. The van der Waals surface area contributed by atoms with Crippen molar-refractivity contribution >= 4 is 46.2 Å². The molecule has 2 aromatic rings. The fourth-order valence-electron chi connectivity index (χ4n) is 2.97. The number of amides is 2. The summed E-state index contributed by atoms with van der Waals surface area (Å²) >= 11 is 6.22. The van der Waals surface area contributed by atoms with E-state index in [1.807, 2.05) is 14.1 Å². The van der Waals surface area contributed by atoms with Crippen LogP contribution in [-0.2, 0) is 9.59 Å². The molecule has 0 saturated heterocycles. The van der Waals surface area contributed by atoms with E-state index in [1.54, 1.807) is 23.1 Å². The molecule has 1 heterocycles. The Morgan fingerprint density at radius 3 is 2.54 bits per heavy atom. The second-order valence-corrected chi connectivity index (χ2v) is 6.88. The highest BCUT2D eigenvalue weighted by Gasteiger charge is 2.35. The lowest BCUT2D eigenvalue weighted by Crippen LogP contribution is -2.39. The maximum atomic E-state index is 13.2. The van der Waals surface area contributed by atoms with Crippen molar-refractivity contribution in [3.05, 3.63) is 53.3 Å². The van der Waals surface area contributed by atoms with Crippen molar-refractivity contribution in [3.8, 4) is 0 Å². The molecule has 0 fully saturated rings. The molecule has 3 N–H and O–H groups in total. The molecule has 0 aromatic heterocycles. The molecular formula is C19H19ClFN5O2. The number of carbonyl (C=O) groups is 2. The van der Waals surface area contributed by atoms with Gasteiger partial charge in [-0.2, -0.15) is 5.10 Å². The van der Waals surface area contributed by atoms with Crippen LogP contribution in [0.2, 0.25) is 5.02 Å². The average Bonchev–Trinajstić information content (AvgIpc) is 3.08. The second-order valence-electron chi connectivity index (χ2n) is 6.47. The molecule has 7 nitrogen and oxygen atoms in total. The monoisotopic (exact) mass is 403 g/mol. The average molecular weight is 404 g/mol. The summed E-state index contributed by atoms with van der Waals surface area (Å²) in [5, 5.41) is 8.85. The van der Waals surface area contributed by atoms with Crippen molar-refractivity contribution in [2.75, 3.05) is 29.3 Å². The summed E-state index contributed by atoms with van der Waals surface area (Å²) < 4.78 is 13.2. The summed E-state index contributed by atoms with van der Waals surface area (Å²) in [4.78, 5) is 26.4. The number of nitrogens with two attached hydrogens (primary N) is 1. The predicted octanol–water partition coefficient (Wildman–Crippen LogP) is 2.60. The van der Waals surface area contributed by atoms with Gasteiger partial charge in [0, 0.05) is 20.5 Å². The van der Waals surface area contributed by atoms with Gasteiger partial charge in [0.1, 0.15) is 17.6 Å². The van der Waals surface area contributed by atoms with E-state index >= 15 is 0 Å². The van der Waals surface area contributed by atoms with E-state index in [-0.39, 0.29) is 12.1 Å². The van der Waals surface area contributed by atoms with Crippen molar-refractivity contribution in [1.82, 2.24) is 0 Å². The Morgan fingerprint density at radius 2 is 1.93 bits per heavy atom. The van der Waals surface area contributed by atoms with Gasteiger partial charge in [-0.1, -0.05) is 17.7 Å². The topological polar surface area (TPSA) is 91.0 Å². The first-order chi connectivity index (χ1) is 13.3. The number of nitrogens with one attached hydrogen (secondary N) is 1. The van der Waals surface area contributed by atoms with E-state index in [0.29, 0.717) is 22.1 Å². The Kier molecular flexibility index (Phi) is 5.51. The molecule has 0 saturated carbocycles. The van der Waals surface area contributed by atoms with Crippen LogP contribution in [0, 0.1) is 5.82 Å². The van der Waals surface area contributed by atoms with Gasteiger partial charge < -0.3 is 16.0 Å². The molecule has 2 amide bonds. The minimum absolute atomic E-state index is 0.0381. The lowest BCUT2D eigenvalue weighted by Gasteiger charge is -2.20. The van der Waals surface area contributed by atoms with Crippen LogP contribution in [0.3, 0.4) is 0 Å². The zero-order chi connectivity index (χ0) is 20.4. The third-order valence-corrected chi connectivity index (χ3v) is 4.58. The van der Waals surface area contributed by atoms with Crippen molar-refractivity contribution in [3.63, 3.8) is 0 Å². The fraction of sp³-hybridized carbons (Fsp3) is 0.211. The summed E-state index contributed by atoms with van der Waals surface area (Å²) in [5.74, 6) is -1.52. The summed E-state index contributed by atoms with van der Waals surface area (Å²) in [6, 6.07) is 9.76. The van der Waals surface area contributed by atoms with Crippen molar-refractivity contribution in [2.24, 2.45) is 10.8 Å². The number of hydrogen-bond donors (Lipinski definition) is 2. The highest BCUT2D eigenvalue weighted by molar-refractivity contribution is 6.45. The normalized spacial score (nSPS) is 15.9.